The Bertz CT molecular complexity index is 368. The van der Waals surface area contributed by atoms with Gasteiger partial charge in [0, 0.05) is 24.1 Å². The molecule has 0 heterocycles. The van der Waals surface area contributed by atoms with Crippen molar-refractivity contribution in [1.82, 2.24) is 0 Å². The first-order chi connectivity index (χ1) is 7.00. The van der Waals surface area contributed by atoms with Crippen molar-refractivity contribution in [2.75, 3.05) is 0 Å². The Balaban J connectivity index is 2.80. The van der Waals surface area contributed by atoms with Crippen LogP contribution in [0.3, 0.4) is 0 Å². The number of nitro groups is 1. The number of hydrogen-bond acceptors (Lipinski definition) is 3. The Kier molecular flexibility index (Phi) is 3.55. The molecule has 4 heteroatoms. The third-order valence-corrected chi connectivity index (χ3v) is 1.99. The minimum absolute atomic E-state index is 0.0103. The summed E-state index contributed by atoms with van der Waals surface area (Å²) in [5.74, 6) is 0.326. The normalized spacial score (nSPS) is 10.3. The molecule has 0 amide bonds. The maximum absolute atomic E-state index is 11.6. The molecule has 1 aromatic rings. The van der Waals surface area contributed by atoms with Gasteiger partial charge >= 0.3 is 0 Å². The molecule has 0 radical (unpaired) electrons. The Labute approximate surface area is 88.1 Å². The lowest BCUT2D eigenvalue weighted by molar-refractivity contribution is -0.384. The second-order valence-electron chi connectivity index (χ2n) is 3.83. The lowest BCUT2D eigenvalue weighted by atomic mass is 10.0. The second-order valence-corrected chi connectivity index (χ2v) is 3.83. The van der Waals surface area contributed by atoms with E-state index in [1.165, 1.54) is 24.3 Å². The predicted molar refractivity (Wildman–Crippen MR) is 56.9 cm³/mol. The highest BCUT2D eigenvalue weighted by molar-refractivity contribution is 5.96. The van der Waals surface area contributed by atoms with Gasteiger partial charge in [-0.05, 0) is 18.1 Å². The molecule has 0 N–H and O–H groups in total. The van der Waals surface area contributed by atoms with Crippen molar-refractivity contribution < 1.29 is 9.72 Å². The van der Waals surface area contributed by atoms with Crippen LogP contribution < -0.4 is 0 Å². The van der Waals surface area contributed by atoms with Crippen LogP contribution in [0.1, 0.15) is 30.6 Å². The quantitative estimate of drug-likeness (QED) is 0.433. The number of carbonyl (C=O) groups is 1. The van der Waals surface area contributed by atoms with Crippen LogP contribution >= 0.6 is 0 Å². The summed E-state index contributed by atoms with van der Waals surface area (Å²) in [6.45, 7) is 3.92. The maximum Gasteiger partial charge on any atom is 0.269 e. The summed E-state index contributed by atoms with van der Waals surface area (Å²) in [7, 11) is 0. The molecule has 0 aliphatic rings. The van der Waals surface area contributed by atoms with Crippen molar-refractivity contribution in [1.29, 1.82) is 0 Å². The van der Waals surface area contributed by atoms with E-state index in [1.54, 1.807) is 0 Å². The molecule has 0 saturated carbocycles. The number of carbonyl (C=O) groups excluding carboxylic acids is 1. The Morgan fingerprint density at radius 3 is 2.27 bits per heavy atom. The molecule has 0 spiro atoms. The minimum atomic E-state index is -0.475. The van der Waals surface area contributed by atoms with Crippen LogP contribution in [-0.2, 0) is 0 Å². The number of hydrogen-bond donors (Lipinski definition) is 0. The van der Waals surface area contributed by atoms with Gasteiger partial charge in [0.2, 0.25) is 0 Å². The number of rotatable bonds is 4. The fourth-order valence-electron chi connectivity index (χ4n) is 1.26. The molecule has 0 fully saturated rings. The molecular weight excluding hydrogens is 194 g/mol. The molecule has 1 aromatic carbocycles. The number of Topliss-reactive ketones (excluding diaryl/α,β-unsaturated/α-hetero) is 1. The van der Waals surface area contributed by atoms with E-state index in [9.17, 15) is 14.9 Å². The highest BCUT2D eigenvalue weighted by Crippen LogP contribution is 2.14. The van der Waals surface area contributed by atoms with E-state index in [4.69, 9.17) is 0 Å². The molecule has 0 unspecified atom stereocenters. The largest absolute Gasteiger partial charge is 0.294 e. The molecule has 0 atom stereocenters. The van der Waals surface area contributed by atoms with Crippen molar-refractivity contribution in [2.24, 2.45) is 5.92 Å². The van der Waals surface area contributed by atoms with Crippen molar-refractivity contribution in [3.63, 3.8) is 0 Å². The van der Waals surface area contributed by atoms with E-state index in [0.717, 1.165) is 0 Å². The first-order valence-electron chi connectivity index (χ1n) is 4.78. The van der Waals surface area contributed by atoms with Crippen molar-refractivity contribution >= 4 is 11.5 Å². The molecular formula is C11H13NO3. The molecule has 1 rings (SSSR count). The van der Waals surface area contributed by atoms with Gasteiger partial charge in [0.15, 0.2) is 5.78 Å². The van der Waals surface area contributed by atoms with Crippen LogP contribution in [0, 0.1) is 16.0 Å². The van der Waals surface area contributed by atoms with Gasteiger partial charge in [-0.1, -0.05) is 13.8 Å². The van der Waals surface area contributed by atoms with E-state index in [1.807, 2.05) is 13.8 Å². The monoisotopic (exact) mass is 207 g/mol. The predicted octanol–water partition coefficient (Wildman–Crippen LogP) is 2.82. The van der Waals surface area contributed by atoms with Gasteiger partial charge in [0.1, 0.15) is 0 Å². The lowest BCUT2D eigenvalue weighted by Crippen LogP contribution is -2.03. The van der Waals surface area contributed by atoms with E-state index in [2.05, 4.69) is 0 Å². The van der Waals surface area contributed by atoms with Crippen LogP contribution in [-0.4, -0.2) is 10.7 Å². The standard InChI is InChI=1S/C11H13NO3/c1-8(2)7-11(13)9-3-5-10(6-4-9)12(14)15/h3-6,8H,7H2,1-2H3. The molecule has 0 bridgehead atoms. The zero-order valence-corrected chi connectivity index (χ0v) is 8.77. The zero-order valence-electron chi connectivity index (χ0n) is 8.77. The van der Waals surface area contributed by atoms with Crippen molar-refractivity contribution in [2.45, 2.75) is 20.3 Å². The van der Waals surface area contributed by atoms with Gasteiger partial charge in [0.25, 0.3) is 5.69 Å². The smallest absolute Gasteiger partial charge is 0.269 e. The highest BCUT2D eigenvalue weighted by Gasteiger charge is 2.10. The first kappa shape index (κ1) is 11.4. The summed E-state index contributed by atoms with van der Waals surface area (Å²) in [5.41, 5.74) is 0.547. The summed E-state index contributed by atoms with van der Waals surface area (Å²) in [6, 6.07) is 5.72. The number of nitrogens with zero attached hydrogens (tertiary/aromatic N) is 1. The fraction of sp³-hybridized carbons (Fsp3) is 0.364. The number of non-ortho nitro benzene ring substituents is 1. The molecule has 0 aromatic heterocycles. The number of ketones is 1. The minimum Gasteiger partial charge on any atom is -0.294 e. The van der Waals surface area contributed by atoms with E-state index < -0.39 is 4.92 Å². The van der Waals surface area contributed by atoms with Gasteiger partial charge in [-0.3, -0.25) is 14.9 Å². The summed E-state index contributed by atoms with van der Waals surface area (Å²) >= 11 is 0. The lowest BCUT2D eigenvalue weighted by Gasteiger charge is -2.03. The number of nitro benzene ring substituents is 1. The highest BCUT2D eigenvalue weighted by atomic mass is 16.6. The van der Waals surface area contributed by atoms with E-state index in [0.29, 0.717) is 17.9 Å². The summed E-state index contributed by atoms with van der Waals surface area (Å²) in [4.78, 5) is 21.5. The van der Waals surface area contributed by atoms with Crippen LogP contribution in [0.4, 0.5) is 5.69 Å². The SMILES string of the molecule is CC(C)CC(=O)c1ccc([N+](=O)[O-])cc1. The van der Waals surface area contributed by atoms with Gasteiger partial charge in [-0.2, -0.15) is 0 Å². The maximum atomic E-state index is 11.6. The van der Waals surface area contributed by atoms with Gasteiger partial charge in [-0.15, -0.1) is 0 Å². The molecule has 0 aliphatic heterocycles. The van der Waals surface area contributed by atoms with Crippen LogP contribution in [0.15, 0.2) is 24.3 Å². The number of benzene rings is 1. The van der Waals surface area contributed by atoms with Crippen LogP contribution in [0.2, 0.25) is 0 Å². The third kappa shape index (κ3) is 3.16. The third-order valence-electron chi connectivity index (χ3n) is 1.99. The second kappa shape index (κ2) is 4.68. The molecule has 80 valence electrons. The first-order valence-corrected chi connectivity index (χ1v) is 4.78. The van der Waals surface area contributed by atoms with Crippen LogP contribution in [0.5, 0.6) is 0 Å². The molecule has 0 saturated heterocycles. The topological polar surface area (TPSA) is 60.2 Å². The average Bonchev–Trinajstić information content (AvgIpc) is 2.17. The van der Waals surface area contributed by atoms with Crippen molar-refractivity contribution in [3.8, 4) is 0 Å². The summed E-state index contributed by atoms with van der Waals surface area (Å²) in [5, 5.41) is 10.4. The van der Waals surface area contributed by atoms with Gasteiger partial charge < -0.3 is 0 Å². The van der Waals surface area contributed by atoms with Crippen LogP contribution in [0.25, 0.3) is 0 Å². The van der Waals surface area contributed by atoms with Crippen molar-refractivity contribution in [3.05, 3.63) is 39.9 Å². The Morgan fingerprint density at radius 2 is 1.87 bits per heavy atom. The summed E-state index contributed by atoms with van der Waals surface area (Å²) in [6.07, 6.45) is 0.470. The van der Waals surface area contributed by atoms with Gasteiger partial charge in [-0.25, -0.2) is 0 Å². The molecule has 15 heavy (non-hydrogen) atoms. The fourth-order valence-corrected chi connectivity index (χ4v) is 1.26. The molecule has 4 nitrogen and oxygen atoms in total. The molecule has 0 aliphatic carbocycles. The van der Waals surface area contributed by atoms with Gasteiger partial charge in [0.05, 0.1) is 4.92 Å². The average molecular weight is 207 g/mol. The Hall–Kier alpha value is -1.71. The Morgan fingerprint density at radius 1 is 1.33 bits per heavy atom. The summed E-state index contributed by atoms with van der Waals surface area (Å²) < 4.78 is 0. The zero-order chi connectivity index (χ0) is 11.4. The van der Waals surface area contributed by atoms with E-state index in [-0.39, 0.29) is 11.5 Å². The van der Waals surface area contributed by atoms with E-state index >= 15 is 0 Å².